The lowest BCUT2D eigenvalue weighted by Gasteiger charge is -2.10. The topological polar surface area (TPSA) is 90.3 Å². The summed E-state index contributed by atoms with van der Waals surface area (Å²) in [6, 6.07) is 24.8. The number of hydrogen-bond acceptors (Lipinski definition) is 6. The molecule has 1 N–H and O–H groups in total. The molecule has 0 atom stereocenters. The van der Waals surface area contributed by atoms with Crippen molar-refractivity contribution in [1.82, 2.24) is 9.78 Å². The third-order valence-electron chi connectivity index (χ3n) is 5.87. The molecule has 0 aliphatic rings. The van der Waals surface area contributed by atoms with Crippen molar-refractivity contribution in [3.8, 4) is 16.8 Å². The molecule has 0 bridgehead atoms. The molecule has 3 aromatic carbocycles. The summed E-state index contributed by atoms with van der Waals surface area (Å²) in [7, 11) is 0. The molecule has 0 fully saturated rings. The van der Waals surface area contributed by atoms with Gasteiger partial charge in [-0.1, -0.05) is 70.5 Å². The summed E-state index contributed by atoms with van der Waals surface area (Å²) in [4.78, 5) is 39.2. The molecule has 0 aliphatic carbocycles. The van der Waals surface area contributed by atoms with Crippen LogP contribution < -0.4 is 10.9 Å². The minimum absolute atomic E-state index is 0.0117. The van der Waals surface area contributed by atoms with Crippen molar-refractivity contribution in [3.05, 3.63) is 110 Å². The Kier molecular flexibility index (Phi) is 7.48. The lowest BCUT2D eigenvalue weighted by Crippen LogP contribution is -2.25. The molecule has 7 nitrogen and oxygen atoms in total. The lowest BCUT2D eigenvalue weighted by molar-refractivity contribution is -0.115. The van der Waals surface area contributed by atoms with Crippen molar-refractivity contribution >= 4 is 54.9 Å². The van der Waals surface area contributed by atoms with Gasteiger partial charge in [0.15, 0.2) is 5.69 Å². The van der Waals surface area contributed by atoms with Crippen molar-refractivity contribution in [3.63, 3.8) is 0 Å². The van der Waals surface area contributed by atoms with Crippen LogP contribution in [0.25, 0.3) is 27.6 Å². The number of anilines is 1. The molecule has 5 rings (SSSR count). The zero-order chi connectivity index (χ0) is 26.6. The number of halogens is 1. The average molecular weight is 588 g/mol. The van der Waals surface area contributed by atoms with Gasteiger partial charge < -0.3 is 10.1 Å². The molecule has 38 heavy (non-hydrogen) atoms. The van der Waals surface area contributed by atoms with E-state index in [1.165, 1.54) is 11.3 Å². The summed E-state index contributed by atoms with van der Waals surface area (Å²) in [5.41, 5.74) is 3.04. The Morgan fingerprint density at radius 1 is 0.974 bits per heavy atom. The van der Waals surface area contributed by atoms with Gasteiger partial charge in [-0.2, -0.15) is 9.78 Å². The van der Waals surface area contributed by atoms with Gasteiger partial charge in [-0.15, -0.1) is 11.3 Å². The number of carbonyl (C=O) groups is 2. The molecular weight excluding hydrogens is 566 g/mol. The number of esters is 1. The first kappa shape index (κ1) is 25.6. The first-order valence-electron chi connectivity index (χ1n) is 11.9. The van der Waals surface area contributed by atoms with Crippen molar-refractivity contribution in [2.24, 2.45) is 0 Å². The second-order valence-electron chi connectivity index (χ2n) is 8.40. The Bertz CT molecular complexity index is 1680. The SMILES string of the molecule is CCOC(=O)c1nn(-c2ccc(Br)cc2)c(=O)c2c(NC(=O)Cc3ccc(-c4ccccc4)cc3)scc12. The fourth-order valence-corrected chi connectivity index (χ4v) is 5.27. The van der Waals surface area contributed by atoms with Gasteiger partial charge in [0, 0.05) is 15.2 Å². The summed E-state index contributed by atoms with van der Waals surface area (Å²) in [6.07, 6.45) is 0.130. The number of benzene rings is 3. The Hall–Kier alpha value is -4.08. The first-order chi connectivity index (χ1) is 18.4. The van der Waals surface area contributed by atoms with Crippen LogP contribution in [0.15, 0.2) is 93.5 Å². The van der Waals surface area contributed by atoms with Gasteiger partial charge in [-0.05, 0) is 47.9 Å². The highest BCUT2D eigenvalue weighted by Crippen LogP contribution is 2.31. The number of carbonyl (C=O) groups excluding carboxylic acids is 2. The maximum Gasteiger partial charge on any atom is 0.359 e. The van der Waals surface area contributed by atoms with E-state index in [1.807, 2.05) is 54.6 Å². The van der Waals surface area contributed by atoms with Gasteiger partial charge in [0.25, 0.3) is 5.56 Å². The number of hydrogen-bond donors (Lipinski definition) is 1. The number of nitrogens with zero attached hydrogens (tertiary/aromatic N) is 2. The predicted molar refractivity (Wildman–Crippen MR) is 153 cm³/mol. The quantitative estimate of drug-likeness (QED) is 0.228. The van der Waals surface area contributed by atoms with E-state index in [9.17, 15) is 14.4 Å². The van der Waals surface area contributed by atoms with Gasteiger partial charge in [-0.25, -0.2) is 4.79 Å². The number of rotatable bonds is 7. The standard InChI is InChI=1S/C29H22BrN3O4S/c1-2-37-29(36)26-23-17-38-27(25(23)28(35)33(32-26)22-14-12-21(30)13-15-22)31-24(34)16-18-8-10-20(11-9-18)19-6-4-3-5-7-19/h3-15,17H,2,16H2,1H3,(H,31,34). The molecule has 0 aliphatic heterocycles. The highest BCUT2D eigenvalue weighted by molar-refractivity contribution is 9.10. The van der Waals surface area contributed by atoms with Crippen LogP contribution >= 0.6 is 27.3 Å². The molecular formula is C29H22BrN3O4S. The summed E-state index contributed by atoms with van der Waals surface area (Å²) in [5.74, 6) is -0.914. The maximum absolute atomic E-state index is 13.5. The van der Waals surface area contributed by atoms with E-state index in [0.29, 0.717) is 16.1 Å². The van der Waals surface area contributed by atoms with Gasteiger partial charge in [0.05, 0.1) is 24.1 Å². The third kappa shape index (κ3) is 5.29. The van der Waals surface area contributed by atoms with Gasteiger partial charge in [0.1, 0.15) is 5.00 Å². The molecule has 0 spiro atoms. The summed E-state index contributed by atoms with van der Waals surface area (Å²) in [6.45, 7) is 1.86. The second-order valence-corrected chi connectivity index (χ2v) is 10.2. The predicted octanol–water partition coefficient (Wildman–Crippen LogP) is 6.23. The first-order valence-corrected chi connectivity index (χ1v) is 13.5. The van der Waals surface area contributed by atoms with Crippen molar-refractivity contribution in [2.75, 3.05) is 11.9 Å². The largest absolute Gasteiger partial charge is 0.461 e. The molecule has 1 amide bonds. The van der Waals surface area contributed by atoms with Crippen LogP contribution in [0.5, 0.6) is 0 Å². The van der Waals surface area contributed by atoms with E-state index >= 15 is 0 Å². The number of ether oxygens (including phenoxy) is 1. The highest BCUT2D eigenvalue weighted by Gasteiger charge is 2.23. The lowest BCUT2D eigenvalue weighted by atomic mass is 10.0. The second kappa shape index (κ2) is 11.1. The molecule has 0 saturated carbocycles. The average Bonchev–Trinajstić information content (AvgIpc) is 3.34. The number of fused-ring (bicyclic) bond motifs is 1. The van der Waals surface area contributed by atoms with Crippen LogP contribution in [0, 0.1) is 0 Å². The molecule has 0 unspecified atom stereocenters. The normalized spacial score (nSPS) is 10.9. The van der Waals surface area contributed by atoms with Crippen LogP contribution in [0.2, 0.25) is 0 Å². The molecule has 9 heteroatoms. The fraction of sp³-hybridized carbons (Fsp3) is 0.103. The molecule has 5 aromatic rings. The van der Waals surface area contributed by atoms with Crippen LogP contribution in [-0.2, 0) is 16.0 Å². The summed E-state index contributed by atoms with van der Waals surface area (Å²) < 4.78 is 7.18. The van der Waals surface area contributed by atoms with E-state index in [0.717, 1.165) is 25.8 Å². The Morgan fingerprint density at radius 2 is 1.66 bits per heavy atom. The zero-order valence-corrected chi connectivity index (χ0v) is 22.7. The number of nitrogens with one attached hydrogen (secondary N) is 1. The maximum atomic E-state index is 13.5. The Morgan fingerprint density at radius 3 is 2.34 bits per heavy atom. The van der Waals surface area contributed by atoms with E-state index < -0.39 is 11.5 Å². The van der Waals surface area contributed by atoms with Crippen LogP contribution in [0.4, 0.5) is 5.00 Å². The molecule has 190 valence electrons. The van der Waals surface area contributed by atoms with Crippen molar-refractivity contribution in [1.29, 1.82) is 0 Å². The van der Waals surface area contributed by atoms with E-state index in [4.69, 9.17) is 4.74 Å². The minimum Gasteiger partial charge on any atom is -0.461 e. The number of aromatic nitrogens is 2. The Balaban J connectivity index is 1.46. The highest BCUT2D eigenvalue weighted by atomic mass is 79.9. The third-order valence-corrected chi connectivity index (χ3v) is 7.30. The number of thiophene rings is 1. The van der Waals surface area contributed by atoms with Crippen molar-refractivity contribution < 1.29 is 14.3 Å². The Labute approximate surface area is 230 Å². The van der Waals surface area contributed by atoms with E-state index in [-0.39, 0.29) is 30.0 Å². The zero-order valence-electron chi connectivity index (χ0n) is 20.3. The van der Waals surface area contributed by atoms with E-state index in [1.54, 1.807) is 36.6 Å². The van der Waals surface area contributed by atoms with Gasteiger partial charge in [-0.3, -0.25) is 9.59 Å². The minimum atomic E-state index is -0.641. The van der Waals surface area contributed by atoms with Crippen LogP contribution in [0.1, 0.15) is 23.0 Å². The van der Waals surface area contributed by atoms with Gasteiger partial charge >= 0.3 is 5.97 Å². The van der Waals surface area contributed by atoms with E-state index in [2.05, 4.69) is 26.3 Å². The summed E-state index contributed by atoms with van der Waals surface area (Å²) >= 11 is 4.55. The fourth-order valence-electron chi connectivity index (χ4n) is 4.05. The molecule has 0 saturated heterocycles. The van der Waals surface area contributed by atoms with Gasteiger partial charge in [0.2, 0.25) is 5.91 Å². The van der Waals surface area contributed by atoms with Crippen molar-refractivity contribution in [2.45, 2.75) is 13.3 Å². The molecule has 0 radical (unpaired) electrons. The number of amides is 1. The summed E-state index contributed by atoms with van der Waals surface area (Å²) in [5, 5.41) is 9.74. The van der Waals surface area contributed by atoms with Crippen LogP contribution in [0.3, 0.4) is 0 Å². The monoisotopic (exact) mass is 587 g/mol. The molecule has 2 aromatic heterocycles. The van der Waals surface area contributed by atoms with Crippen LogP contribution in [-0.4, -0.2) is 28.3 Å². The smallest absolute Gasteiger partial charge is 0.359 e. The molecule has 2 heterocycles.